The molecule has 3 amide bonds. The Morgan fingerprint density at radius 3 is 2.56 bits per heavy atom. The topological polar surface area (TPSA) is 210 Å². The third-order valence-electron chi connectivity index (χ3n) is 13.2. The molecular formula is C43H68N8O8S2. The lowest BCUT2D eigenvalue weighted by molar-refractivity contribution is -0.168. The summed E-state index contributed by atoms with van der Waals surface area (Å²) in [5.41, 5.74) is 7.47. The minimum absolute atomic E-state index is 0.0362. The standard InChI is InChI=1S/C43H68N8O8S2/c1-26-24-33(57-7)27(2)28(3)36(26)61(56)59-49-40(44)45-21-13-17-31(35(52)38-47-30-16-11-12-18-34(30)60-38)46-37(53)32-19-22-50-23-20-43(39(54)51(32)50,25-29-14-9-8-10-15-29)48-41(55)58-42(4,5)6/h11-12,16,18,26-29,31-33,35-36,52H,8-10,13-15,17,19-25H2,1-7H3,(H,46,53)(H,48,55)(H3,44,45,49)/t26?,27?,28?,31?,32-,33?,35?,36?,43+,61?/m0/s1. The van der Waals surface area contributed by atoms with E-state index in [1.807, 2.05) is 29.3 Å². The number of aromatic nitrogens is 1. The van der Waals surface area contributed by atoms with E-state index in [0.29, 0.717) is 50.2 Å². The van der Waals surface area contributed by atoms with Gasteiger partial charge in [0.2, 0.25) is 11.9 Å². The SMILES string of the molecule is COC1CC(C)C(S(=O)ONC(N)=NCCCC(NC(=O)[C@@H]2CCN3CC[C@](CC4CCCCC4)(NC(=O)OC(C)(C)C)C(=O)N23)C(O)c2nc3ccccc3s2)C(C)C1C. The number of aliphatic hydroxyl groups is 1. The van der Waals surface area contributed by atoms with Gasteiger partial charge in [-0.05, 0) is 95.1 Å². The van der Waals surface area contributed by atoms with Crippen molar-refractivity contribution < 1.29 is 37.5 Å². The number of hydroxylamine groups is 1. The van der Waals surface area contributed by atoms with Crippen molar-refractivity contribution in [3.8, 4) is 0 Å². The second-order valence-electron chi connectivity index (χ2n) is 18.7. The number of alkyl carbamates (subject to hydrolysis) is 1. The summed E-state index contributed by atoms with van der Waals surface area (Å²) in [5.74, 6) is -0.0510. The van der Waals surface area contributed by atoms with Gasteiger partial charge in [0.1, 0.15) is 28.3 Å². The van der Waals surface area contributed by atoms with Crippen molar-refractivity contribution in [1.82, 2.24) is 31.1 Å². The monoisotopic (exact) mass is 888 g/mol. The number of para-hydroxylation sites is 1. The van der Waals surface area contributed by atoms with E-state index in [1.165, 1.54) is 11.3 Å². The third-order valence-corrected chi connectivity index (χ3v) is 15.9. The minimum atomic E-state index is -1.67. The van der Waals surface area contributed by atoms with Crippen LogP contribution in [-0.2, 0) is 34.4 Å². The van der Waals surface area contributed by atoms with E-state index in [2.05, 4.69) is 46.9 Å². The first kappa shape index (κ1) is 47.1. The highest BCUT2D eigenvalue weighted by Crippen LogP contribution is 2.40. The second kappa shape index (κ2) is 20.4. The summed E-state index contributed by atoms with van der Waals surface area (Å²) >= 11 is -0.318. The van der Waals surface area contributed by atoms with Gasteiger partial charge in [-0.25, -0.2) is 24.5 Å². The number of ether oxygens (including phenoxy) is 2. The molecule has 0 bridgehead atoms. The number of nitrogens with zero attached hydrogens (tertiary/aromatic N) is 4. The smallest absolute Gasteiger partial charge is 0.408 e. The van der Waals surface area contributed by atoms with Crippen LogP contribution in [0.5, 0.6) is 0 Å². The summed E-state index contributed by atoms with van der Waals surface area (Å²) in [6.07, 6.45) is 6.38. The van der Waals surface area contributed by atoms with Gasteiger partial charge >= 0.3 is 6.09 Å². The maximum atomic E-state index is 14.8. The zero-order chi connectivity index (χ0) is 44.1. The quantitative estimate of drug-likeness (QED) is 0.0673. The van der Waals surface area contributed by atoms with Crippen LogP contribution in [0.2, 0.25) is 0 Å². The van der Waals surface area contributed by atoms with Gasteiger partial charge in [0.15, 0.2) is 11.1 Å². The molecule has 2 saturated heterocycles. The van der Waals surface area contributed by atoms with Crippen LogP contribution in [0.1, 0.15) is 123 Å². The van der Waals surface area contributed by atoms with E-state index in [1.54, 1.807) is 32.9 Å². The number of carbonyl (C=O) groups excluding carboxylic acids is 3. The fraction of sp³-hybridized carbons (Fsp3) is 0.744. The van der Waals surface area contributed by atoms with Gasteiger partial charge in [0, 0.05) is 26.7 Å². The zero-order valence-electron chi connectivity index (χ0n) is 36.9. The number of methoxy groups -OCH3 is 1. The molecule has 10 atom stereocenters. The molecular weight excluding hydrogens is 821 g/mol. The van der Waals surface area contributed by atoms with Crippen molar-refractivity contribution in [3.05, 3.63) is 29.3 Å². The maximum absolute atomic E-state index is 14.8. The Morgan fingerprint density at radius 2 is 1.85 bits per heavy atom. The molecule has 340 valence electrons. The average molecular weight is 889 g/mol. The molecule has 0 radical (unpaired) electrons. The number of guanidine groups is 1. The van der Waals surface area contributed by atoms with Gasteiger partial charge < -0.3 is 30.9 Å². The van der Waals surface area contributed by atoms with Crippen LogP contribution in [0.3, 0.4) is 0 Å². The van der Waals surface area contributed by atoms with Crippen molar-refractivity contribution in [2.24, 2.45) is 34.4 Å². The molecule has 4 fully saturated rings. The van der Waals surface area contributed by atoms with Crippen molar-refractivity contribution >= 4 is 56.5 Å². The number of aliphatic hydroxyl groups excluding tert-OH is 1. The van der Waals surface area contributed by atoms with E-state index >= 15 is 0 Å². The van der Waals surface area contributed by atoms with Gasteiger partial charge in [0.05, 0.1) is 27.6 Å². The molecule has 16 nitrogen and oxygen atoms in total. The number of carbonyl (C=O) groups is 3. The minimum Gasteiger partial charge on any atom is -0.444 e. The summed E-state index contributed by atoms with van der Waals surface area (Å²) < 4.78 is 31.0. The van der Waals surface area contributed by atoms with Crippen molar-refractivity contribution in [2.75, 3.05) is 26.7 Å². The number of hydrogen-bond acceptors (Lipinski definition) is 12. The number of nitrogens with two attached hydrogens (primary N) is 1. The zero-order valence-corrected chi connectivity index (χ0v) is 38.5. The number of rotatable bonds is 15. The van der Waals surface area contributed by atoms with Crippen LogP contribution in [0.25, 0.3) is 10.2 Å². The van der Waals surface area contributed by atoms with E-state index in [9.17, 15) is 23.7 Å². The van der Waals surface area contributed by atoms with Crippen LogP contribution in [0.15, 0.2) is 29.3 Å². The van der Waals surface area contributed by atoms with Crippen LogP contribution in [0, 0.1) is 23.7 Å². The Kier molecular flexibility index (Phi) is 15.7. The lowest BCUT2D eigenvalue weighted by Crippen LogP contribution is -2.69. The molecule has 6 rings (SSSR count). The number of nitrogens with one attached hydrogen (secondary N) is 3. The average Bonchev–Trinajstić information content (AvgIpc) is 3.86. The molecule has 3 heterocycles. The molecule has 18 heteroatoms. The summed E-state index contributed by atoms with van der Waals surface area (Å²) in [5, 5.41) is 21.7. The van der Waals surface area contributed by atoms with Crippen LogP contribution in [0.4, 0.5) is 4.79 Å². The van der Waals surface area contributed by atoms with Crippen LogP contribution in [-0.4, -0.2) is 110 Å². The fourth-order valence-electron chi connectivity index (χ4n) is 9.82. The first-order valence-electron chi connectivity index (χ1n) is 22.1. The Bertz CT molecular complexity index is 1850. The molecule has 4 aliphatic rings. The molecule has 1 aromatic heterocycles. The van der Waals surface area contributed by atoms with E-state index in [0.717, 1.165) is 48.7 Å². The molecule has 8 unspecified atom stereocenters. The predicted molar refractivity (Wildman–Crippen MR) is 236 cm³/mol. The first-order valence-corrected chi connectivity index (χ1v) is 24.1. The number of thiazole rings is 1. The number of aliphatic imine (C=N–C) groups is 1. The summed E-state index contributed by atoms with van der Waals surface area (Å²) in [4.78, 5) is 51.6. The largest absolute Gasteiger partial charge is 0.444 e. The predicted octanol–water partition coefficient (Wildman–Crippen LogP) is 5.25. The Labute approximate surface area is 367 Å². The van der Waals surface area contributed by atoms with Gasteiger partial charge in [-0.2, -0.15) is 4.28 Å². The molecule has 2 aromatic rings. The lowest BCUT2D eigenvalue weighted by Gasteiger charge is -2.47. The van der Waals surface area contributed by atoms with E-state index in [-0.39, 0.29) is 53.4 Å². The van der Waals surface area contributed by atoms with Crippen molar-refractivity contribution in [3.63, 3.8) is 0 Å². The molecule has 0 spiro atoms. The van der Waals surface area contributed by atoms with Gasteiger partial charge in [-0.1, -0.05) is 65.0 Å². The molecule has 1 aromatic carbocycles. The first-order chi connectivity index (χ1) is 29.0. The number of benzene rings is 1. The number of hydrazine groups is 1. The van der Waals surface area contributed by atoms with Crippen molar-refractivity contribution in [2.45, 2.75) is 153 Å². The number of fused-ring (bicyclic) bond motifs is 2. The number of hydrogen-bond donors (Lipinski definition) is 5. The number of amides is 3. The fourth-order valence-corrected chi connectivity index (χ4v) is 12.2. The molecule has 61 heavy (non-hydrogen) atoms. The van der Waals surface area contributed by atoms with Crippen LogP contribution >= 0.6 is 11.3 Å². The highest BCUT2D eigenvalue weighted by atomic mass is 32.2. The molecule has 6 N–H and O–H groups in total. The Hall–Kier alpha value is -3.42. The summed E-state index contributed by atoms with van der Waals surface area (Å²) in [6.45, 7) is 12.8. The van der Waals surface area contributed by atoms with Crippen LogP contribution < -0.4 is 21.8 Å². The van der Waals surface area contributed by atoms with Gasteiger partial charge in [-0.3, -0.25) is 19.6 Å². The van der Waals surface area contributed by atoms with E-state index in [4.69, 9.17) is 19.5 Å². The van der Waals surface area contributed by atoms with Gasteiger partial charge in [0.25, 0.3) is 5.91 Å². The maximum Gasteiger partial charge on any atom is 0.408 e. The second-order valence-corrected chi connectivity index (χ2v) is 21.0. The molecule has 2 aliphatic heterocycles. The normalized spacial score (nSPS) is 29.5. The molecule has 2 saturated carbocycles. The third kappa shape index (κ3) is 11.4. The summed E-state index contributed by atoms with van der Waals surface area (Å²) in [7, 11) is 1.71. The highest BCUT2D eigenvalue weighted by molar-refractivity contribution is 7.80. The Balaban J connectivity index is 1.14. The summed E-state index contributed by atoms with van der Waals surface area (Å²) in [6, 6.07) is 5.97. The van der Waals surface area contributed by atoms with E-state index < -0.39 is 52.4 Å². The van der Waals surface area contributed by atoms with Gasteiger partial charge in [-0.15, -0.1) is 11.3 Å². The Morgan fingerprint density at radius 1 is 1.11 bits per heavy atom. The highest BCUT2D eigenvalue weighted by Gasteiger charge is 2.55. The van der Waals surface area contributed by atoms with Crippen molar-refractivity contribution in [1.29, 1.82) is 0 Å². The molecule has 2 aliphatic carbocycles. The lowest BCUT2D eigenvalue weighted by atomic mass is 9.74.